The second-order valence-electron chi connectivity index (χ2n) is 6.27. The molecule has 1 heterocycles. The van der Waals surface area contributed by atoms with E-state index in [1.807, 2.05) is 0 Å². The Kier molecular flexibility index (Phi) is 3.98. The van der Waals surface area contributed by atoms with E-state index in [0.717, 1.165) is 6.20 Å². The summed E-state index contributed by atoms with van der Waals surface area (Å²) in [5.41, 5.74) is -0.347. The molecule has 0 bridgehead atoms. The van der Waals surface area contributed by atoms with Crippen molar-refractivity contribution in [3.63, 3.8) is 0 Å². The molecular formula is C16H18F3NO2. The minimum absolute atomic E-state index is 0.0561. The molecule has 0 aliphatic rings. The zero-order chi connectivity index (χ0) is 16.7. The molecule has 0 amide bonds. The SMILES string of the molecule is Cn1cc(C(F)(F)F)c2cc(CC(=O)OC(C)(C)C)ccc21. The van der Waals surface area contributed by atoms with Gasteiger partial charge in [-0.25, -0.2) is 0 Å². The van der Waals surface area contributed by atoms with Crippen LogP contribution in [0.2, 0.25) is 0 Å². The van der Waals surface area contributed by atoms with Gasteiger partial charge in [0, 0.05) is 24.1 Å². The summed E-state index contributed by atoms with van der Waals surface area (Å²) in [6.45, 7) is 5.23. The van der Waals surface area contributed by atoms with Crippen molar-refractivity contribution < 1.29 is 22.7 Å². The maximum absolute atomic E-state index is 13.0. The third-order valence-corrected chi connectivity index (χ3v) is 3.13. The highest BCUT2D eigenvalue weighted by atomic mass is 19.4. The van der Waals surface area contributed by atoms with Crippen LogP contribution in [0.4, 0.5) is 13.2 Å². The Balaban J connectivity index is 2.36. The summed E-state index contributed by atoms with van der Waals surface area (Å²) >= 11 is 0. The normalized spacial score (nSPS) is 12.7. The van der Waals surface area contributed by atoms with Crippen LogP contribution in [0.3, 0.4) is 0 Å². The number of hydrogen-bond acceptors (Lipinski definition) is 2. The predicted molar refractivity (Wildman–Crippen MR) is 77.5 cm³/mol. The van der Waals surface area contributed by atoms with Gasteiger partial charge in [-0.3, -0.25) is 4.79 Å². The number of esters is 1. The van der Waals surface area contributed by atoms with Crippen molar-refractivity contribution in [2.24, 2.45) is 7.05 Å². The molecule has 1 aromatic carbocycles. The minimum Gasteiger partial charge on any atom is -0.460 e. The third-order valence-electron chi connectivity index (χ3n) is 3.13. The van der Waals surface area contributed by atoms with Crippen LogP contribution < -0.4 is 0 Å². The second-order valence-corrected chi connectivity index (χ2v) is 6.27. The summed E-state index contributed by atoms with van der Waals surface area (Å²) in [4.78, 5) is 11.8. The molecule has 0 spiro atoms. The van der Waals surface area contributed by atoms with Crippen LogP contribution in [-0.2, 0) is 29.2 Å². The van der Waals surface area contributed by atoms with Gasteiger partial charge in [0.1, 0.15) is 5.60 Å². The number of carbonyl (C=O) groups is 1. The highest BCUT2D eigenvalue weighted by Crippen LogP contribution is 2.36. The van der Waals surface area contributed by atoms with Gasteiger partial charge in [0.2, 0.25) is 0 Å². The summed E-state index contributed by atoms with van der Waals surface area (Å²) < 4.78 is 45.7. The Hall–Kier alpha value is -1.98. The van der Waals surface area contributed by atoms with Gasteiger partial charge in [-0.15, -0.1) is 0 Å². The lowest BCUT2D eigenvalue weighted by atomic mass is 10.1. The molecule has 2 aromatic rings. The van der Waals surface area contributed by atoms with E-state index < -0.39 is 23.3 Å². The number of fused-ring (bicyclic) bond motifs is 1. The third kappa shape index (κ3) is 3.61. The summed E-state index contributed by atoms with van der Waals surface area (Å²) in [7, 11) is 1.56. The Morgan fingerprint density at radius 3 is 2.41 bits per heavy atom. The first-order valence-electron chi connectivity index (χ1n) is 6.84. The Morgan fingerprint density at radius 1 is 1.23 bits per heavy atom. The lowest BCUT2D eigenvalue weighted by Gasteiger charge is -2.19. The van der Waals surface area contributed by atoms with Crippen LogP contribution in [0.1, 0.15) is 31.9 Å². The zero-order valence-electron chi connectivity index (χ0n) is 12.9. The van der Waals surface area contributed by atoms with Crippen LogP contribution in [0, 0.1) is 0 Å². The van der Waals surface area contributed by atoms with Gasteiger partial charge in [-0.1, -0.05) is 6.07 Å². The van der Waals surface area contributed by atoms with Crippen molar-refractivity contribution in [2.75, 3.05) is 0 Å². The van der Waals surface area contributed by atoms with Crippen molar-refractivity contribution in [3.05, 3.63) is 35.5 Å². The van der Waals surface area contributed by atoms with E-state index in [1.165, 1.54) is 10.6 Å². The maximum atomic E-state index is 13.0. The fraction of sp³-hybridized carbons (Fsp3) is 0.438. The Labute approximate surface area is 126 Å². The van der Waals surface area contributed by atoms with Crippen molar-refractivity contribution in [2.45, 2.75) is 39.0 Å². The van der Waals surface area contributed by atoms with E-state index in [1.54, 1.807) is 40.0 Å². The molecule has 0 atom stereocenters. The number of alkyl halides is 3. The molecule has 0 saturated carbocycles. The Bertz CT molecular complexity index is 708. The highest BCUT2D eigenvalue weighted by molar-refractivity contribution is 5.86. The van der Waals surface area contributed by atoms with Crippen LogP contribution in [0.5, 0.6) is 0 Å². The number of benzene rings is 1. The first-order valence-corrected chi connectivity index (χ1v) is 6.84. The molecule has 0 aliphatic carbocycles. The number of rotatable bonds is 2. The molecule has 0 saturated heterocycles. The number of ether oxygens (including phenoxy) is 1. The fourth-order valence-electron chi connectivity index (χ4n) is 2.32. The van der Waals surface area contributed by atoms with Crippen LogP contribution in [0.15, 0.2) is 24.4 Å². The molecule has 2 rings (SSSR count). The number of aromatic nitrogens is 1. The summed E-state index contributed by atoms with van der Waals surface area (Å²) in [5, 5.41) is 0.0936. The minimum atomic E-state index is -4.43. The van der Waals surface area contributed by atoms with Gasteiger partial charge < -0.3 is 9.30 Å². The van der Waals surface area contributed by atoms with Crippen molar-refractivity contribution in [3.8, 4) is 0 Å². The van der Waals surface area contributed by atoms with E-state index in [-0.39, 0.29) is 11.8 Å². The first-order chi connectivity index (χ1) is 9.97. The molecular weight excluding hydrogens is 295 g/mol. The molecule has 120 valence electrons. The number of halogens is 3. The van der Waals surface area contributed by atoms with Gasteiger partial charge in [0.15, 0.2) is 0 Å². The van der Waals surface area contributed by atoms with Crippen molar-refractivity contribution in [1.82, 2.24) is 4.57 Å². The summed E-state index contributed by atoms with van der Waals surface area (Å²) in [6.07, 6.45) is -3.43. The van der Waals surface area contributed by atoms with Gasteiger partial charge in [0.25, 0.3) is 0 Å². The average Bonchev–Trinajstić information content (AvgIpc) is 2.63. The monoisotopic (exact) mass is 313 g/mol. The smallest absolute Gasteiger partial charge is 0.418 e. The molecule has 6 heteroatoms. The average molecular weight is 313 g/mol. The summed E-state index contributed by atoms with van der Waals surface area (Å²) in [6, 6.07) is 4.64. The van der Waals surface area contributed by atoms with Crippen molar-refractivity contribution in [1.29, 1.82) is 0 Å². The van der Waals surface area contributed by atoms with E-state index in [2.05, 4.69) is 0 Å². The Morgan fingerprint density at radius 2 is 1.86 bits per heavy atom. The molecule has 1 aromatic heterocycles. The van der Waals surface area contributed by atoms with E-state index in [4.69, 9.17) is 4.74 Å². The van der Waals surface area contributed by atoms with Gasteiger partial charge in [0.05, 0.1) is 12.0 Å². The lowest BCUT2D eigenvalue weighted by Crippen LogP contribution is -2.24. The molecule has 3 nitrogen and oxygen atoms in total. The number of nitrogens with zero attached hydrogens (tertiary/aromatic N) is 1. The first kappa shape index (κ1) is 16.4. The molecule has 22 heavy (non-hydrogen) atoms. The van der Waals surface area contributed by atoms with E-state index in [9.17, 15) is 18.0 Å². The van der Waals surface area contributed by atoms with Crippen LogP contribution in [0.25, 0.3) is 10.9 Å². The standard InChI is InChI=1S/C16H18F3NO2/c1-15(2,3)22-14(21)8-10-5-6-13-11(7-10)12(9-20(13)4)16(17,18)19/h5-7,9H,8H2,1-4H3. The second kappa shape index (κ2) is 5.34. The van der Waals surface area contributed by atoms with E-state index >= 15 is 0 Å². The summed E-state index contributed by atoms with van der Waals surface area (Å²) in [5.74, 6) is -0.462. The van der Waals surface area contributed by atoms with Crippen LogP contribution in [-0.4, -0.2) is 16.1 Å². The number of carbonyl (C=O) groups excluding carboxylic acids is 1. The van der Waals surface area contributed by atoms with E-state index in [0.29, 0.717) is 11.1 Å². The topological polar surface area (TPSA) is 31.2 Å². The molecule has 0 fully saturated rings. The largest absolute Gasteiger partial charge is 0.460 e. The number of aryl methyl sites for hydroxylation is 1. The highest BCUT2D eigenvalue weighted by Gasteiger charge is 2.34. The molecule has 0 N–H and O–H groups in total. The predicted octanol–water partition coefficient (Wildman–Crippen LogP) is 4.08. The molecule has 0 unspecified atom stereocenters. The van der Waals surface area contributed by atoms with Crippen molar-refractivity contribution >= 4 is 16.9 Å². The van der Waals surface area contributed by atoms with Gasteiger partial charge in [-0.05, 0) is 38.5 Å². The fourth-order valence-corrected chi connectivity index (χ4v) is 2.32. The number of hydrogen-bond donors (Lipinski definition) is 0. The lowest BCUT2D eigenvalue weighted by molar-refractivity contribution is -0.153. The zero-order valence-corrected chi connectivity index (χ0v) is 12.9. The molecule has 0 aliphatic heterocycles. The van der Waals surface area contributed by atoms with Gasteiger partial charge >= 0.3 is 12.1 Å². The quantitative estimate of drug-likeness (QED) is 0.782. The molecule has 0 radical (unpaired) electrons. The van der Waals surface area contributed by atoms with Gasteiger partial charge in [-0.2, -0.15) is 13.2 Å². The van der Waals surface area contributed by atoms with Crippen LogP contribution >= 0.6 is 0 Å². The maximum Gasteiger partial charge on any atom is 0.418 e.